The fourth-order valence-corrected chi connectivity index (χ4v) is 2.27. The van der Waals surface area contributed by atoms with Crippen LogP contribution in [0.15, 0.2) is 16.1 Å². The van der Waals surface area contributed by atoms with Gasteiger partial charge in [-0.25, -0.2) is 9.59 Å². The lowest BCUT2D eigenvalue weighted by Crippen LogP contribution is -1.97. The Morgan fingerprint density at radius 2 is 1.74 bits per heavy atom. The first-order chi connectivity index (χ1) is 9.06. The molecule has 0 bridgehead atoms. The van der Waals surface area contributed by atoms with Gasteiger partial charge in [0.2, 0.25) is 12.2 Å². The molecule has 0 amide bonds. The zero-order valence-corrected chi connectivity index (χ0v) is 11.8. The van der Waals surface area contributed by atoms with Gasteiger partial charge in [-0.2, -0.15) is 9.98 Å². The highest BCUT2D eigenvalue weighted by Crippen LogP contribution is 2.40. The van der Waals surface area contributed by atoms with Crippen LogP contribution in [-0.4, -0.2) is 12.2 Å². The van der Waals surface area contributed by atoms with Gasteiger partial charge in [0.1, 0.15) is 0 Å². The van der Waals surface area contributed by atoms with Crippen molar-refractivity contribution < 1.29 is 9.59 Å². The summed E-state index contributed by atoms with van der Waals surface area (Å²) < 4.78 is 0. The van der Waals surface area contributed by atoms with Crippen LogP contribution in [0.4, 0.5) is 11.4 Å². The highest BCUT2D eigenvalue weighted by Gasteiger charge is 2.18. The first-order valence-electron chi connectivity index (χ1n) is 6.38. The summed E-state index contributed by atoms with van der Waals surface area (Å²) in [6.45, 7) is 7.93. The average molecular weight is 258 g/mol. The number of nitrogens with zero attached hydrogens (tertiary/aromatic N) is 2. The monoisotopic (exact) mass is 258 g/mol. The molecule has 1 rings (SSSR count). The van der Waals surface area contributed by atoms with E-state index in [4.69, 9.17) is 0 Å². The quantitative estimate of drug-likeness (QED) is 0.592. The van der Waals surface area contributed by atoms with Gasteiger partial charge in [0.15, 0.2) is 0 Å². The molecule has 0 spiro atoms. The van der Waals surface area contributed by atoms with Gasteiger partial charge in [-0.05, 0) is 30.4 Å². The molecular formula is C15H18N2O2. The number of hydrogen-bond donors (Lipinski definition) is 0. The molecule has 0 heterocycles. The van der Waals surface area contributed by atoms with Crippen molar-refractivity contribution in [3.05, 3.63) is 22.8 Å². The third-order valence-electron chi connectivity index (χ3n) is 2.99. The van der Waals surface area contributed by atoms with Crippen LogP contribution in [0.25, 0.3) is 0 Å². The van der Waals surface area contributed by atoms with E-state index >= 15 is 0 Å². The number of carbonyl (C=O) groups excluding carboxylic acids is 2. The molecule has 0 N–H and O–H groups in total. The molecule has 19 heavy (non-hydrogen) atoms. The molecule has 0 unspecified atom stereocenters. The van der Waals surface area contributed by atoms with Crippen molar-refractivity contribution in [2.45, 2.75) is 46.5 Å². The number of benzene rings is 1. The normalized spacial score (nSPS) is 9.95. The maximum absolute atomic E-state index is 10.7. The molecule has 0 aliphatic carbocycles. The number of hydrogen-bond acceptors (Lipinski definition) is 4. The van der Waals surface area contributed by atoms with Crippen LogP contribution in [0.1, 0.15) is 49.8 Å². The maximum atomic E-state index is 10.7. The minimum Gasteiger partial charge on any atom is -0.211 e. The number of rotatable bonds is 5. The van der Waals surface area contributed by atoms with Crippen LogP contribution in [0.3, 0.4) is 0 Å². The fourth-order valence-electron chi connectivity index (χ4n) is 2.27. The third-order valence-corrected chi connectivity index (χ3v) is 2.99. The van der Waals surface area contributed by atoms with E-state index in [0.29, 0.717) is 11.4 Å². The zero-order valence-electron chi connectivity index (χ0n) is 11.8. The van der Waals surface area contributed by atoms with E-state index in [-0.39, 0.29) is 5.92 Å². The summed E-state index contributed by atoms with van der Waals surface area (Å²) in [5.74, 6) is 0.106. The van der Waals surface area contributed by atoms with Crippen molar-refractivity contribution in [2.24, 2.45) is 9.98 Å². The molecule has 1 aromatic rings. The van der Waals surface area contributed by atoms with Crippen LogP contribution in [0, 0.1) is 6.92 Å². The Morgan fingerprint density at radius 3 is 2.21 bits per heavy atom. The predicted molar refractivity (Wildman–Crippen MR) is 74.8 cm³/mol. The van der Waals surface area contributed by atoms with Crippen LogP contribution < -0.4 is 0 Å². The van der Waals surface area contributed by atoms with E-state index in [1.807, 2.05) is 26.8 Å². The second-order valence-electron chi connectivity index (χ2n) is 4.77. The summed E-state index contributed by atoms with van der Waals surface area (Å²) in [5, 5.41) is 0. The van der Waals surface area contributed by atoms with Gasteiger partial charge in [0.05, 0.1) is 11.4 Å². The lowest BCUT2D eigenvalue weighted by atomic mass is 9.91. The van der Waals surface area contributed by atoms with Crippen molar-refractivity contribution in [3.63, 3.8) is 0 Å². The summed E-state index contributed by atoms with van der Waals surface area (Å²) in [6.07, 6.45) is 4.96. The van der Waals surface area contributed by atoms with Crippen molar-refractivity contribution in [3.8, 4) is 0 Å². The Labute approximate surface area is 113 Å². The molecule has 1 aromatic carbocycles. The van der Waals surface area contributed by atoms with Gasteiger partial charge in [-0.15, -0.1) is 0 Å². The van der Waals surface area contributed by atoms with Gasteiger partial charge in [0.25, 0.3) is 0 Å². The van der Waals surface area contributed by atoms with Crippen molar-refractivity contribution in [2.75, 3.05) is 0 Å². The third kappa shape index (κ3) is 3.25. The smallest absolute Gasteiger partial charge is 0.211 e. The van der Waals surface area contributed by atoms with E-state index in [1.165, 1.54) is 0 Å². The summed E-state index contributed by atoms with van der Waals surface area (Å²) in [5.41, 5.74) is 3.89. The molecule has 0 fully saturated rings. The Morgan fingerprint density at radius 1 is 1.16 bits per heavy atom. The molecule has 0 aromatic heterocycles. The lowest BCUT2D eigenvalue weighted by Gasteiger charge is -2.17. The molecule has 4 nitrogen and oxygen atoms in total. The molecular weight excluding hydrogens is 240 g/mol. The Bertz CT molecular complexity index is 564. The Kier molecular flexibility index (Phi) is 5.37. The number of isocyanates is 2. The number of aryl methyl sites for hydroxylation is 2. The van der Waals surface area contributed by atoms with Crippen molar-refractivity contribution in [1.82, 2.24) is 0 Å². The molecule has 4 heteroatoms. The Balaban J connectivity index is 3.74. The van der Waals surface area contributed by atoms with Crippen LogP contribution in [-0.2, 0) is 16.0 Å². The lowest BCUT2D eigenvalue weighted by molar-refractivity contribution is 0.564. The summed E-state index contributed by atoms with van der Waals surface area (Å²) >= 11 is 0. The van der Waals surface area contributed by atoms with Crippen molar-refractivity contribution in [1.29, 1.82) is 0 Å². The molecule has 0 saturated carbocycles. The van der Waals surface area contributed by atoms with Gasteiger partial charge in [-0.3, -0.25) is 0 Å². The predicted octanol–water partition coefficient (Wildman–Crippen LogP) is 4.01. The molecule has 0 saturated heterocycles. The van der Waals surface area contributed by atoms with Crippen LogP contribution in [0.5, 0.6) is 0 Å². The minimum atomic E-state index is 0.106. The highest BCUT2D eigenvalue weighted by molar-refractivity contribution is 5.72. The van der Waals surface area contributed by atoms with E-state index in [2.05, 4.69) is 16.9 Å². The van der Waals surface area contributed by atoms with Crippen LogP contribution >= 0.6 is 0 Å². The minimum absolute atomic E-state index is 0.106. The maximum Gasteiger partial charge on any atom is 0.240 e. The summed E-state index contributed by atoms with van der Waals surface area (Å²) in [7, 11) is 0. The molecule has 100 valence electrons. The van der Waals surface area contributed by atoms with Crippen LogP contribution in [0.2, 0.25) is 0 Å². The largest absolute Gasteiger partial charge is 0.240 e. The van der Waals surface area contributed by atoms with E-state index in [0.717, 1.165) is 29.5 Å². The summed E-state index contributed by atoms with van der Waals surface area (Å²) in [6, 6.07) is 1.93. The molecule has 0 aliphatic rings. The first-order valence-corrected chi connectivity index (χ1v) is 6.38. The highest BCUT2D eigenvalue weighted by atomic mass is 16.1. The van der Waals surface area contributed by atoms with Gasteiger partial charge in [-0.1, -0.05) is 33.3 Å². The van der Waals surface area contributed by atoms with E-state index in [9.17, 15) is 9.59 Å². The second kappa shape index (κ2) is 6.79. The zero-order chi connectivity index (χ0) is 14.4. The average Bonchev–Trinajstić information content (AvgIpc) is 2.35. The van der Waals surface area contributed by atoms with Crippen molar-refractivity contribution >= 4 is 23.5 Å². The molecule has 0 radical (unpaired) electrons. The molecule has 0 atom stereocenters. The Hall–Kier alpha value is -2.02. The van der Waals surface area contributed by atoms with Gasteiger partial charge in [0, 0.05) is 5.56 Å². The topological polar surface area (TPSA) is 58.9 Å². The first kappa shape index (κ1) is 15.0. The van der Waals surface area contributed by atoms with E-state index in [1.54, 1.807) is 12.2 Å². The SMILES string of the molecule is CCCc1cc(C)c(N=C=O)c(C(C)C)c1N=C=O. The second-order valence-corrected chi connectivity index (χ2v) is 4.77. The fraction of sp³-hybridized carbons (Fsp3) is 0.467. The standard InChI is InChI=1S/C15H18N2O2/c1-5-6-12-7-11(4)14(16-8-18)13(10(2)3)15(12)17-9-19/h7,10H,5-6H2,1-4H3. The van der Waals surface area contributed by atoms with Gasteiger partial charge >= 0.3 is 0 Å². The molecule has 0 aliphatic heterocycles. The van der Waals surface area contributed by atoms with Gasteiger partial charge < -0.3 is 0 Å². The summed E-state index contributed by atoms with van der Waals surface area (Å²) in [4.78, 5) is 28.9. The number of aliphatic imine (C=N–C) groups is 2. The van der Waals surface area contributed by atoms with E-state index < -0.39 is 0 Å².